The van der Waals surface area contributed by atoms with Gasteiger partial charge in [0.15, 0.2) is 0 Å². The average molecular weight is 281 g/mol. The van der Waals surface area contributed by atoms with Crippen LogP contribution in [-0.2, 0) is 0 Å². The molecule has 1 aliphatic rings. The van der Waals surface area contributed by atoms with Gasteiger partial charge in [-0.25, -0.2) is 0 Å². The first kappa shape index (κ1) is 14.8. The molecule has 0 radical (unpaired) electrons. The molecule has 1 saturated heterocycles. The SMILES string of the molecule is CC(NCCC1CCN(C)CC1)c1ccc(Cl)cc1. The fraction of sp³-hybridized carbons (Fsp3) is 0.625. The smallest absolute Gasteiger partial charge is 0.0406 e. The molecule has 0 aromatic heterocycles. The predicted octanol–water partition coefficient (Wildman–Crippen LogP) is 3.72. The van der Waals surface area contributed by atoms with Gasteiger partial charge in [-0.2, -0.15) is 0 Å². The van der Waals surface area contributed by atoms with Crippen molar-refractivity contribution >= 4 is 11.6 Å². The Bertz CT molecular complexity index is 369. The number of likely N-dealkylation sites (tertiary alicyclic amines) is 1. The van der Waals surface area contributed by atoms with Gasteiger partial charge in [0.2, 0.25) is 0 Å². The first-order valence-corrected chi connectivity index (χ1v) is 7.70. The van der Waals surface area contributed by atoms with E-state index in [2.05, 4.69) is 36.3 Å². The Morgan fingerprint density at radius 2 is 1.89 bits per heavy atom. The van der Waals surface area contributed by atoms with E-state index in [0.717, 1.165) is 17.5 Å². The second-order valence-electron chi connectivity index (χ2n) is 5.76. The van der Waals surface area contributed by atoms with Gasteiger partial charge in [-0.3, -0.25) is 0 Å². The zero-order valence-electron chi connectivity index (χ0n) is 12.0. The van der Waals surface area contributed by atoms with Crippen LogP contribution in [0, 0.1) is 5.92 Å². The lowest BCUT2D eigenvalue weighted by atomic mass is 9.93. The summed E-state index contributed by atoms with van der Waals surface area (Å²) in [5, 5.41) is 4.43. The van der Waals surface area contributed by atoms with Gasteiger partial charge in [-0.05, 0) is 76.5 Å². The lowest BCUT2D eigenvalue weighted by molar-refractivity contribution is 0.211. The van der Waals surface area contributed by atoms with Crippen LogP contribution < -0.4 is 5.32 Å². The molecule has 2 rings (SSSR count). The van der Waals surface area contributed by atoms with E-state index in [1.54, 1.807) is 0 Å². The zero-order chi connectivity index (χ0) is 13.7. The van der Waals surface area contributed by atoms with Gasteiger partial charge in [-0.1, -0.05) is 23.7 Å². The van der Waals surface area contributed by atoms with Crippen LogP contribution in [0.1, 0.15) is 37.8 Å². The number of nitrogens with one attached hydrogen (secondary N) is 1. The second-order valence-corrected chi connectivity index (χ2v) is 6.20. The summed E-state index contributed by atoms with van der Waals surface area (Å²) < 4.78 is 0. The van der Waals surface area contributed by atoms with Crippen molar-refractivity contribution in [2.75, 3.05) is 26.7 Å². The molecule has 0 saturated carbocycles. The van der Waals surface area contributed by atoms with Crippen LogP contribution in [-0.4, -0.2) is 31.6 Å². The predicted molar refractivity (Wildman–Crippen MR) is 82.7 cm³/mol. The third kappa shape index (κ3) is 4.79. The van der Waals surface area contributed by atoms with Crippen molar-refractivity contribution < 1.29 is 0 Å². The van der Waals surface area contributed by atoms with Crippen LogP contribution in [0.25, 0.3) is 0 Å². The van der Waals surface area contributed by atoms with Crippen molar-refractivity contribution in [3.05, 3.63) is 34.9 Å². The van der Waals surface area contributed by atoms with Crippen LogP contribution in [0.5, 0.6) is 0 Å². The molecule has 0 amide bonds. The minimum Gasteiger partial charge on any atom is -0.310 e. The maximum Gasteiger partial charge on any atom is 0.0406 e. The fourth-order valence-electron chi connectivity index (χ4n) is 2.72. The van der Waals surface area contributed by atoms with E-state index < -0.39 is 0 Å². The third-order valence-corrected chi connectivity index (χ3v) is 4.46. The minimum atomic E-state index is 0.406. The summed E-state index contributed by atoms with van der Waals surface area (Å²) >= 11 is 5.91. The van der Waals surface area contributed by atoms with Crippen LogP contribution >= 0.6 is 11.6 Å². The number of halogens is 1. The van der Waals surface area contributed by atoms with E-state index in [1.807, 2.05) is 12.1 Å². The molecule has 106 valence electrons. The highest BCUT2D eigenvalue weighted by Crippen LogP contribution is 2.20. The zero-order valence-corrected chi connectivity index (χ0v) is 12.8. The Morgan fingerprint density at radius 1 is 1.26 bits per heavy atom. The summed E-state index contributed by atoms with van der Waals surface area (Å²) in [6.07, 6.45) is 4.01. The fourth-order valence-corrected chi connectivity index (χ4v) is 2.85. The topological polar surface area (TPSA) is 15.3 Å². The van der Waals surface area contributed by atoms with Crippen LogP contribution in [0.4, 0.5) is 0 Å². The first-order chi connectivity index (χ1) is 9.15. The van der Waals surface area contributed by atoms with E-state index in [0.29, 0.717) is 6.04 Å². The van der Waals surface area contributed by atoms with E-state index in [9.17, 15) is 0 Å². The molecule has 1 unspecified atom stereocenters. The van der Waals surface area contributed by atoms with Gasteiger partial charge in [-0.15, -0.1) is 0 Å². The van der Waals surface area contributed by atoms with Crippen molar-refractivity contribution in [3.63, 3.8) is 0 Å². The number of benzene rings is 1. The Morgan fingerprint density at radius 3 is 2.53 bits per heavy atom. The molecule has 2 nitrogen and oxygen atoms in total. The van der Waals surface area contributed by atoms with Crippen molar-refractivity contribution in [3.8, 4) is 0 Å². The molecule has 19 heavy (non-hydrogen) atoms. The monoisotopic (exact) mass is 280 g/mol. The number of nitrogens with zero attached hydrogens (tertiary/aromatic N) is 1. The molecule has 1 atom stereocenters. The van der Waals surface area contributed by atoms with Crippen LogP contribution in [0.2, 0.25) is 5.02 Å². The van der Waals surface area contributed by atoms with Gasteiger partial charge in [0.05, 0.1) is 0 Å². The highest BCUT2D eigenvalue weighted by atomic mass is 35.5. The molecule has 1 aromatic carbocycles. The summed E-state index contributed by atoms with van der Waals surface area (Å²) in [5.74, 6) is 0.904. The molecule has 3 heteroatoms. The Hall–Kier alpha value is -0.570. The molecular formula is C16H25ClN2. The maximum absolute atomic E-state index is 5.91. The van der Waals surface area contributed by atoms with E-state index in [4.69, 9.17) is 11.6 Å². The number of hydrogen-bond acceptors (Lipinski definition) is 2. The van der Waals surface area contributed by atoms with E-state index in [1.165, 1.54) is 37.9 Å². The van der Waals surface area contributed by atoms with Crippen molar-refractivity contribution in [2.45, 2.75) is 32.2 Å². The standard InChI is InChI=1S/C16H25ClN2/c1-13(15-3-5-16(17)6-4-15)18-10-7-14-8-11-19(2)12-9-14/h3-6,13-14,18H,7-12H2,1-2H3. The molecule has 1 N–H and O–H groups in total. The quantitative estimate of drug-likeness (QED) is 0.884. The van der Waals surface area contributed by atoms with Gasteiger partial charge < -0.3 is 10.2 Å². The summed E-state index contributed by atoms with van der Waals surface area (Å²) in [4.78, 5) is 2.43. The average Bonchev–Trinajstić information content (AvgIpc) is 2.41. The normalized spacial score (nSPS) is 19.5. The number of piperidine rings is 1. The summed E-state index contributed by atoms with van der Waals surface area (Å²) in [7, 11) is 2.22. The molecule has 1 heterocycles. The highest BCUT2D eigenvalue weighted by Gasteiger charge is 2.16. The Balaban J connectivity index is 1.69. The molecule has 1 aliphatic heterocycles. The second kappa shape index (κ2) is 7.28. The van der Waals surface area contributed by atoms with Crippen molar-refractivity contribution in [1.82, 2.24) is 10.2 Å². The van der Waals surface area contributed by atoms with Gasteiger partial charge in [0.25, 0.3) is 0 Å². The van der Waals surface area contributed by atoms with E-state index in [-0.39, 0.29) is 0 Å². The summed E-state index contributed by atoms with van der Waals surface area (Å²) in [5.41, 5.74) is 1.31. The van der Waals surface area contributed by atoms with Gasteiger partial charge in [0, 0.05) is 11.1 Å². The Kier molecular flexibility index (Phi) is 5.68. The van der Waals surface area contributed by atoms with Crippen molar-refractivity contribution in [1.29, 1.82) is 0 Å². The molecule has 0 aliphatic carbocycles. The highest BCUT2D eigenvalue weighted by molar-refractivity contribution is 6.30. The molecule has 1 fully saturated rings. The van der Waals surface area contributed by atoms with Crippen LogP contribution in [0.3, 0.4) is 0 Å². The minimum absolute atomic E-state index is 0.406. The molecular weight excluding hydrogens is 256 g/mol. The van der Waals surface area contributed by atoms with Gasteiger partial charge >= 0.3 is 0 Å². The number of hydrogen-bond donors (Lipinski definition) is 1. The molecule has 1 aromatic rings. The largest absolute Gasteiger partial charge is 0.310 e. The summed E-state index contributed by atoms with van der Waals surface area (Å²) in [6, 6.07) is 8.55. The molecule has 0 spiro atoms. The van der Waals surface area contributed by atoms with Gasteiger partial charge in [0.1, 0.15) is 0 Å². The molecule has 0 bridgehead atoms. The lowest BCUT2D eigenvalue weighted by Crippen LogP contribution is -2.32. The van der Waals surface area contributed by atoms with Crippen LogP contribution in [0.15, 0.2) is 24.3 Å². The first-order valence-electron chi connectivity index (χ1n) is 7.32. The maximum atomic E-state index is 5.91. The Labute approximate surface area is 122 Å². The van der Waals surface area contributed by atoms with E-state index >= 15 is 0 Å². The lowest BCUT2D eigenvalue weighted by Gasteiger charge is -2.29. The number of rotatable bonds is 5. The third-order valence-electron chi connectivity index (χ3n) is 4.21. The van der Waals surface area contributed by atoms with Crippen molar-refractivity contribution in [2.24, 2.45) is 5.92 Å². The summed E-state index contributed by atoms with van der Waals surface area (Å²) in [6.45, 7) is 5.85.